The van der Waals surface area contributed by atoms with Crippen LogP contribution in [0.5, 0.6) is 0 Å². The van der Waals surface area contributed by atoms with E-state index in [1.54, 1.807) is 0 Å². The predicted molar refractivity (Wildman–Crippen MR) is 74.1 cm³/mol. The first-order valence-electron chi connectivity index (χ1n) is 7.11. The number of unbranched alkanes of at least 4 members (excludes halogenated alkanes) is 2. The molecule has 0 spiro atoms. The molecular formula is C16H25N. The van der Waals surface area contributed by atoms with E-state index in [1.165, 1.54) is 50.5 Å². The van der Waals surface area contributed by atoms with Crippen LogP contribution >= 0.6 is 0 Å². The molecule has 0 heterocycles. The smallest absolute Gasteiger partial charge is 0.0136 e. The molecule has 1 aliphatic rings. The molecule has 0 aliphatic heterocycles. The van der Waals surface area contributed by atoms with Gasteiger partial charge < -0.3 is 5.73 Å². The molecule has 0 saturated heterocycles. The van der Waals surface area contributed by atoms with Gasteiger partial charge in [-0.25, -0.2) is 0 Å². The van der Waals surface area contributed by atoms with Gasteiger partial charge in [-0.15, -0.1) is 0 Å². The summed E-state index contributed by atoms with van der Waals surface area (Å²) in [7, 11) is 0. The average Bonchev–Trinajstić information content (AvgIpc) is 2.29. The quantitative estimate of drug-likeness (QED) is 0.735. The van der Waals surface area contributed by atoms with Crippen molar-refractivity contribution in [1.29, 1.82) is 0 Å². The zero-order valence-electron chi connectivity index (χ0n) is 11.0. The predicted octanol–water partition coefficient (Wildman–Crippen LogP) is 4.02. The molecule has 94 valence electrons. The second kappa shape index (κ2) is 5.68. The molecule has 1 aromatic rings. The fraction of sp³-hybridized carbons (Fsp3) is 0.625. The number of benzene rings is 1. The molecule has 0 amide bonds. The largest absolute Gasteiger partial charge is 0.327 e. The van der Waals surface area contributed by atoms with Crippen LogP contribution in [0.15, 0.2) is 30.3 Å². The third kappa shape index (κ3) is 2.55. The molecule has 1 fully saturated rings. The summed E-state index contributed by atoms with van der Waals surface area (Å²) < 4.78 is 0. The van der Waals surface area contributed by atoms with Crippen LogP contribution in [0.1, 0.15) is 57.4 Å². The van der Waals surface area contributed by atoms with E-state index in [2.05, 4.69) is 37.3 Å². The van der Waals surface area contributed by atoms with Gasteiger partial charge in [0.25, 0.3) is 0 Å². The van der Waals surface area contributed by atoms with E-state index in [0.717, 1.165) is 0 Å². The molecule has 1 nitrogen and oxygen atoms in total. The molecular weight excluding hydrogens is 206 g/mol. The first kappa shape index (κ1) is 12.6. The zero-order chi connectivity index (χ0) is 12.1. The minimum Gasteiger partial charge on any atom is -0.327 e. The Labute approximate surface area is 105 Å². The number of hydrogen-bond donors (Lipinski definition) is 1. The molecule has 1 saturated carbocycles. The first-order valence-corrected chi connectivity index (χ1v) is 7.11. The minimum atomic E-state index is 0.301. The minimum absolute atomic E-state index is 0.301. The van der Waals surface area contributed by atoms with E-state index in [1.807, 2.05) is 0 Å². The van der Waals surface area contributed by atoms with Crippen LogP contribution in [-0.2, 0) is 5.41 Å². The van der Waals surface area contributed by atoms with Gasteiger partial charge in [0.15, 0.2) is 0 Å². The topological polar surface area (TPSA) is 26.0 Å². The van der Waals surface area contributed by atoms with Gasteiger partial charge in [-0.3, -0.25) is 0 Å². The van der Waals surface area contributed by atoms with Crippen molar-refractivity contribution in [2.75, 3.05) is 0 Å². The molecule has 0 radical (unpaired) electrons. The lowest BCUT2D eigenvalue weighted by molar-refractivity contribution is 0.186. The maximum Gasteiger partial charge on any atom is 0.0136 e. The summed E-state index contributed by atoms with van der Waals surface area (Å²) in [6.07, 6.45) is 8.98. The molecule has 2 N–H and O–H groups in total. The van der Waals surface area contributed by atoms with E-state index in [0.29, 0.717) is 11.5 Å². The van der Waals surface area contributed by atoms with Crippen molar-refractivity contribution in [3.63, 3.8) is 0 Å². The summed E-state index contributed by atoms with van der Waals surface area (Å²) in [6, 6.07) is 11.3. The lowest BCUT2D eigenvalue weighted by Gasteiger charge is -2.47. The maximum absolute atomic E-state index is 6.49. The van der Waals surface area contributed by atoms with Crippen molar-refractivity contribution < 1.29 is 0 Å². The molecule has 0 bridgehead atoms. The highest BCUT2D eigenvalue weighted by atomic mass is 14.7. The fourth-order valence-electron chi connectivity index (χ4n) is 3.09. The lowest BCUT2D eigenvalue weighted by Crippen LogP contribution is -2.50. The van der Waals surface area contributed by atoms with Crippen molar-refractivity contribution in [3.05, 3.63) is 35.9 Å². The van der Waals surface area contributed by atoms with Gasteiger partial charge >= 0.3 is 0 Å². The number of hydrogen-bond acceptors (Lipinski definition) is 1. The van der Waals surface area contributed by atoms with Crippen molar-refractivity contribution in [1.82, 2.24) is 0 Å². The van der Waals surface area contributed by atoms with Gasteiger partial charge in [0.05, 0.1) is 0 Å². The Kier molecular flexibility index (Phi) is 4.22. The van der Waals surface area contributed by atoms with Crippen molar-refractivity contribution in [3.8, 4) is 0 Å². The Morgan fingerprint density at radius 2 is 1.88 bits per heavy atom. The normalized spacial score (nSPS) is 19.6. The van der Waals surface area contributed by atoms with E-state index in [4.69, 9.17) is 5.73 Å². The van der Waals surface area contributed by atoms with Crippen LogP contribution in [0, 0.1) is 0 Å². The Morgan fingerprint density at radius 1 is 1.18 bits per heavy atom. The summed E-state index contributed by atoms with van der Waals surface area (Å²) in [5.74, 6) is 0. The van der Waals surface area contributed by atoms with Gasteiger partial charge in [-0.2, -0.15) is 0 Å². The molecule has 1 heteroatoms. The van der Waals surface area contributed by atoms with Crippen molar-refractivity contribution in [2.24, 2.45) is 5.73 Å². The monoisotopic (exact) mass is 231 g/mol. The first-order chi connectivity index (χ1) is 8.29. The van der Waals surface area contributed by atoms with Crippen LogP contribution < -0.4 is 5.73 Å². The van der Waals surface area contributed by atoms with Crippen LogP contribution in [0.3, 0.4) is 0 Å². The second-order valence-electron chi connectivity index (χ2n) is 5.48. The van der Waals surface area contributed by atoms with E-state index >= 15 is 0 Å². The van der Waals surface area contributed by atoms with Gasteiger partial charge in [-0.1, -0.05) is 62.9 Å². The van der Waals surface area contributed by atoms with Gasteiger partial charge in [-0.05, 0) is 24.8 Å². The summed E-state index contributed by atoms with van der Waals surface area (Å²) in [6.45, 7) is 2.25. The van der Waals surface area contributed by atoms with Gasteiger partial charge in [0, 0.05) is 11.5 Å². The summed E-state index contributed by atoms with van der Waals surface area (Å²) in [5.41, 5.74) is 8.26. The Balaban J connectivity index is 2.04. The summed E-state index contributed by atoms with van der Waals surface area (Å²) >= 11 is 0. The highest BCUT2D eigenvalue weighted by Crippen LogP contribution is 2.46. The van der Waals surface area contributed by atoms with E-state index in [-0.39, 0.29) is 0 Å². The standard InChI is InChI=1S/C16H25N/c1-2-3-5-11-15(17)16(12-8-13-16)14-9-6-4-7-10-14/h4,6-7,9-10,15H,2-3,5,8,11-13,17H2,1H3. The van der Waals surface area contributed by atoms with Crippen molar-refractivity contribution in [2.45, 2.75) is 63.3 Å². The fourth-order valence-corrected chi connectivity index (χ4v) is 3.09. The van der Waals surface area contributed by atoms with E-state index < -0.39 is 0 Å². The molecule has 1 aliphatic carbocycles. The second-order valence-corrected chi connectivity index (χ2v) is 5.48. The third-order valence-corrected chi connectivity index (χ3v) is 4.42. The van der Waals surface area contributed by atoms with E-state index in [9.17, 15) is 0 Å². The Hall–Kier alpha value is -0.820. The Morgan fingerprint density at radius 3 is 2.41 bits per heavy atom. The molecule has 1 atom stereocenters. The van der Waals surface area contributed by atoms with Crippen LogP contribution in [0.25, 0.3) is 0 Å². The highest BCUT2D eigenvalue weighted by Gasteiger charge is 2.43. The van der Waals surface area contributed by atoms with Crippen LogP contribution in [0.4, 0.5) is 0 Å². The van der Waals surface area contributed by atoms with Crippen LogP contribution in [-0.4, -0.2) is 6.04 Å². The molecule has 1 aromatic carbocycles. The molecule has 1 unspecified atom stereocenters. The highest BCUT2D eigenvalue weighted by molar-refractivity contribution is 5.30. The molecule has 17 heavy (non-hydrogen) atoms. The van der Waals surface area contributed by atoms with Gasteiger partial charge in [0.1, 0.15) is 0 Å². The van der Waals surface area contributed by atoms with Crippen molar-refractivity contribution >= 4 is 0 Å². The average molecular weight is 231 g/mol. The Bertz CT molecular complexity index is 327. The number of rotatable bonds is 6. The maximum atomic E-state index is 6.49. The van der Waals surface area contributed by atoms with Gasteiger partial charge in [0.2, 0.25) is 0 Å². The molecule has 2 rings (SSSR count). The summed E-state index contributed by atoms with van der Waals surface area (Å²) in [5, 5.41) is 0. The SMILES string of the molecule is CCCCCC(N)C1(c2ccccc2)CCC1. The number of nitrogens with two attached hydrogens (primary N) is 1. The third-order valence-electron chi connectivity index (χ3n) is 4.42. The zero-order valence-corrected chi connectivity index (χ0v) is 11.0. The molecule has 0 aromatic heterocycles. The lowest BCUT2D eigenvalue weighted by atomic mass is 9.59. The van der Waals surface area contributed by atoms with Crippen LogP contribution in [0.2, 0.25) is 0 Å². The summed E-state index contributed by atoms with van der Waals surface area (Å²) in [4.78, 5) is 0.